The minimum absolute atomic E-state index is 0.0638. The Balaban J connectivity index is 2.53. The zero-order chi connectivity index (χ0) is 12.1. The SMILES string of the molecule is CCn1ccn(CC(O)CNC(C)C)c1=O. The van der Waals surface area contributed by atoms with E-state index in [9.17, 15) is 9.90 Å². The van der Waals surface area contributed by atoms with Gasteiger partial charge >= 0.3 is 5.69 Å². The first-order chi connectivity index (χ1) is 7.54. The van der Waals surface area contributed by atoms with Gasteiger partial charge in [-0.05, 0) is 6.92 Å². The smallest absolute Gasteiger partial charge is 0.328 e. The first kappa shape index (κ1) is 13.0. The molecule has 0 saturated heterocycles. The van der Waals surface area contributed by atoms with Gasteiger partial charge in [-0.15, -0.1) is 0 Å². The number of hydrogen-bond acceptors (Lipinski definition) is 3. The van der Waals surface area contributed by atoms with Gasteiger partial charge in [0, 0.05) is 31.5 Å². The number of aryl methyl sites for hydroxylation is 1. The van der Waals surface area contributed by atoms with Crippen molar-refractivity contribution in [3.63, 3.8) is 0 Å². The third-order valence-electron chi connectivity index (χ3n) is 2.43. The summed E-state index contributed by atoms with van der Waals surface area (Å²) in [5.74, 6) is 0. The number of aliphatic hydroxyl groups excluding tert-OH is 1. The molecule has 5 nitrogen and oxygen atoms in total. The van der Waals surface area contributed by atoms with Crippen molar-refractivity contribution >= 4 is 0 Å². The van der Waals surface area contributed by atoms with Crippen LogP contribution in [0.2, 0.25) is 0 Å². The third-order valence-corrected chi connectivity index (χ3v) is 2.43. The van der Waals surface area contributed by atoms with E-state index < -0.39 is 6.10 Å². The van der Waals surface area contributed by atoms with Crippen molar-refractivity contribution in [2.24, 2.45) is 0 Å². The molecule has 0 aliphatic carbocycles. The van der Waals surface area contributed by atoms with Crippen LogP contribution in [0.25, 0.3) is 0 Å². The number of nitrogens with zero attached hydrogens (tertiary/aromatic N) is 2. The van der Waals surface area contributed by atoms with Gasteiger partial charge in [0.15, 0.2) is 0 Å². The Morgan fingerprint density at radius 2 is 2.00 bits per heavy atom. The predicted molar refractivity (Wildman–Crippen MR) is 63.5 cm³/mol. The lowest BCUT2D eigenvalue weighted by atomic mass is 10.3. The molecule has 92 valence electrons. The van der Waals surface area contributed by atoms with E-state index in [0.717, 1.165) is 0 Å². The summed E-state index contributed by atoms with van der Waals surface area (Å²) in [5.41, 5.74) is -0.0638. The third kappa shape index (κ3) is 3.50. The average molecular weight is 227 g/mol. The first-order valence-electron chi connectivity index (χ1n) is 5.71. The summed E-state index contributed by atoms with van der Waals surface area (Å²) in [7, 11) is 0. The lowest BCUT2D eigenvalue weighted by Gasteiger charge is -2.14. The molecule has 0 aliphatic rings. The fourth-order valence-electron chi connectivity index (χ4n) is 1.50. The lowest BCUT2D eigenvalue weighted by Crippen LogP contribution is -2.36. The molecular formula is C11H21N3O2. The quantitative estimate of drug-likeness (QED) is 0.721. The topological polar surface area (TPSA) is 59.2 Å². The average Bonchev–Trinajstić information content (AvgIpc) is 2.57. The number of hydrogen-bond donors (Lipinski definition) is 2. The molecule has 1 aromatic heterocycles. The highest BCUT2D eigenvalue weighted by Gasteiger charge is 2.08. The molecule has 2 N–H and O–H groups in total. The zero-order valence-corrected chi connectivity index (χ0v) is 10.2. The van der Waals surface area contributed by atoms with Gasteiger partial charge in [0.2, 0.25) is 0 Å². The molecule has 0 bridgehead atoms. The molecule has 1 heterocycles. The van der Waals surface area contributed by atoms with E-state index in [0.29, 0.717) is 25.7 Å². The summed E-state index contributed by atoms with van der Waals surface area (Å²) in [5, 5.41) is 12.9. The molecule has 0 saturated carbocycles. The van der Waals surface area contributed by atoms with E-state index >= 15 is 0 Å². The normalized spacial score (nSPS) is 13.3. The second kappa shape index (κ2) is 5.86. The van der Waals surface area contributed by atoms with Crippen LogP contribution >= 0.6 is 0 Å². The van der Waals surface area contributed by atoms with Gasteiger partial charge in [-0.25, -0.2) is 4.79 Å². The van der Waals surface area contributed by atoms with Crippen LogP contribution < -0.4 is 11.0 Å². The summed E-state index contributed by atoms with van der Waals surface area (Å²) < 4.78 is 3.15. The molecule has 1 unspecified atom stereocenters. The summed E-state index contributed by atoms with van der Waals surface area (Å²) in [6.07, 6.45) is 2.92. The van der Waals surface area contributed by atoms with E-state index in [1.165, 1.54) is 4.57 Å². The van der Waals surface area contributed by atoms with Gasteiger partial charge in [-0.1, -0.05) is 13.8 Å². The second-order valence-corrected chi connectivity index (χ2v) is 4.24. The van der Waals surface area contributed by atoms with Crippen LogP contribution in [0.5, 0.6) is 0 Å². The summed E-state index contributed by atoms with van der Waals surface area (Å²) in [6.45, 7) is 7.46. The number of nitrogens with one attached hydrogen (secondary N) is 1. The lowest BCUT2D eigenvalue weighted by molar-refractivity contribution is 0.147. The molecule has 16 heavy (non-hydrogen) atoms. The van der Waals surface area contributed by atoms with Gasteiger partial charge in [-0.3, -0.25) is 9.13 Å². The molecular weight excluding hydrogens is 206 g/mol. The van der Waals surface area contributed by atoms with Gasteiger partial charge < -0.3 is 10.4 Å². The van der Waals surface area contributed by atoms with Crippen LogP contribution in [0.3, 0.4) is 0 Å². The Kier molecular flexibility index (Phi) is 4.76. The van der Waals surface area contributed by atoms with Crippen LogP contribution in [0.1, 0.15) is 20.8 Å². The van der Waals surface area contributed by atoms with Crippen LogP contribution in [-0.4, -0.2) is 32.9 Å². The summed E-state index contributed by atoms with van der Waals surface area (Å²) in [6, 6.07) is 0.339. The number of rotatable bonds is 6. The highest BCUT2D eigenvalue weighted by atomic mass is 16.3. The predicted octanol–water partition coefficient (Wildman–Crippen LogP) is 0.0286. The zero-order valence-electron chi connectivity index (χ0n) is 10.2. The maximum atomic E-state index is 11.7. The largest absolute Gasteiger partial charge is 0.390 e. The Morgan fingerprint density at radius 1 is 1.38 bits per heavy atom. The van der Waals surface area contributed by atoms with E-state index in [1.54, 1.807) is 17.0 Å². The molecule has 0 aliphatic heterocycles. The molecule has 1 aromatic rings. The number of aromatic nitrogens is 2. The van der Waals surface area contributed by atoms with Crippen molar-refractivity contribution in [2.45, 2.75) is 46.0 Å². The van der Waals surface area contributed by atoms with Crippen LogP contribution in [0, 0.1) is 0 Å². The van der Waals surface area contributed by atoms with Crippen molar-refractivity contribution in [2.75, 3.05) is 6.54 Å². The Labute approximate surface area is 95.7 Å². The molecule has 0 fully saturated rings. The molecule has 0 aromatic carbocycles. The highest BCUT2D eigenvalue weighted by molar-refractivity contribution is 4.82. The van der Waals surface area contributed by atoms with Crippen molar-refractivity contribution < 1.29 is 5.11 Å². The van der Waals surface area contributed by atoms with Crippen molar-refractivity contribution in [1.29, 1.82) is 0 Å². The molecule has 0 radical (unpaired) electrons. The molecule has 1 atom stereocenters. The Bertz CT molecular complexity index is 368. The van der Waals surface area contributed by atoms with Crippen LogP contribution in [0.4, 0.5) is 0 Å². The fourth-order valence-corrected chi connectivity index (χ4v) is 1.50. The minimum atomic E-state index is -0.534. The summed E-state index contributed by atoms with van der Waals surface area (Å²) in [4.78, 5) is 11.7. The van der Waals surface area contributed by atoms with Gasteiger partial charge in [-0.2, -0.15) is 0 Å². The number of imidazole rings is 1. The van der Waals surface area contributed by atoms with E-state index in [1.807, 2.05) is 20.8 Å². The van der Waals surface area contributed by atoms with Crippen molar-refractivity contribution in [3.8, 4) is 0 Å². The summed E-state index contributed by atoms with van der Waals surface area (Å²) >= 11 is 0. The molecule has 0 amide bonds. The van der Waals surface area contributed by atoms with E-state index in [2.05, 4.69) is 5.32 Å². The van der Waals surface area contributed by atoms with Crippen molar-refractivity contribution in [3.05, 3.63) is 22.9 Å². The standard InChI is InChI=1S/C11H21N3O2/c1-4-13-5-6-14(11(13)16)8-10(15)7-12-9(2)3/h5-6,9-10,12,15H,4,7-8H2,1-3H3. The van der Waals surface area contributed by atoms with Crippen LogP contribution in [-0.2, 0) is 13.1 Å². The van der Waals surface area contributed by atoms with E-state index in [-0.39, 0.29) is 5.69 Å². The monoisotopic (exact) mass is 227 g/mol. The molecule has 0 spiro atoms. The fraction of sp³-hybridized carbons (Fsp3) is 0.727. The minimum Gasteiger partial charge on any atom is -0.390 e. The van der Waals surface area contributed by atoms with E-state index in [4.69, 9.17) is 0 Å². The molecule has 1 rings (SSSR count). The van der Waals surface area contributed by atoms with Crippen LogP contribution in [0.15, 0.2) is 17.2 Å². The highest BCUT2D eigenvalue weighted by Crippen LogP contribution is 1.91. The van der Waals surface area contributed by atoms with Gasteiger partial charge in [0.1, 0.15) is 0 Å². The Morgan fingerprint density at radius 3 is 2.50 bits per heavy atom. The molecule has 5 heteroatoms. The van der Waals surface area contributed by atoms with Crippen molar-refractivity contribution in [1.82, 2.24) is 14.5 Å². The first-order valence-corrected chi connectivity index (χ1v) is 5.71. The van der Waals surface area contributed by atoms with Gasteiger partial charge in [0.25, 0.3) is 0 Å². The maximum absolute atomic E-state index is 11.7. The second-order valence-electron chi connectivity index (χ2n) is 4.24. The Hall–Kier alpha value is -1.07. The maximum Gasteiger partial charge on any atom is 0.328 e. The number of aliphatic hydroxyl groups is 1. The van der Waals surface area contributed by atoms with Gasteiger partial charge in [0.05, 0.1) is 12.6 Å².